The number of esters is 1. The Hall–Kier alpha value is -0.830. The molecule has 194 valence electrons. The standard InChI is InChI=1S/C31H52O3/c1-20(2)8-7-9-21(3)26-12-13-27-25-11-10-23-18-24(34-29(33)22(4)19-32)14-16-30(23,5)28(25)15-17-31(26,27)6/h20-21,23-28,32H,4,7-19H2,1-3,5-6H3/t21-,23+,24+,25+,26-,27+,28+,30+,31-/m1/s1. The number of ether oxygens (including phenoxy) is 1. The zero-order chi connectivity index (χ0) is 24.7. The van der Waals surface area contributed by atoms with Gasteiger partial charge >= 0.3 is 5.97 Å². The van der Waals surface area contributed by atoms with Gasteiger partial charge in [-0.05, 0) is 110 Å². The topological polar surface area (TPSA) is 46.5 Å². The predicted molar refractivity (Wildman–Crippen MR) is 139 cm³/mol. The third kappa shape index (κ3) is 4.76. The Morgan fingerprint density at radius 2 is 1.68 bits per heavy atom. The molecule has 34 heavy (non-hydrogen) atoms. The molecular weight excluding hydrogens is 420 g/mol. The van der Waals surface area contributed by atoms with Gasteiger partial charge in [-0.15, -0.1) is 0 Å². The van der Waals surface area contributed by atoms with Crippen LogP contribution in [0, 0.1) is 52.3 Å². The van der Waals surface area contributed by atoms with Crippen molar-refractivity contribution in [3.05, 3.63) is 12.2 Å². The summed E-state index contributed by atoms with van der Waals surface area (Å²) in [5.74, 6) is 5.56. The molecule has 9 atom stereocenters. The van der Waals surface area contributed by atoms with Crippen LogP contribution in [0.3, 0.4) is 0 Å². The Kier molecular flexibility index (Phi) is 7.92. The number of aliphatic hydroxyl groups is 1. The lowest BCUT2D eigenvalue weighted by molar-refractivity contribution is -0.159. The van der Waals surface area contributed by atoms with Crippen LogP contribution in [0.25, 0.3) is 0 Å². The maximum absolute atomic E-state index is 12.2. The molecule has 0 aliphatic heterocycles. The van der Waals surface area contributed by atoms with Crippen LogP contribution in [-0.2, 0) is 9.53 Å². The lowest BCUT2D eigenvalue weighted by atomic mass is 9.44. The first-order valence-electron chi connectivity index (χ1n) is 14.6. The summed E-state index contributed by atoms with van der Waals surface area (Å²) >= 11 is 0. The molecule has 0 spiro atoms. The molecule has 1 N–H and O–H groups in total. The summed E-state index contributed by atoms with van der Waals surface area (Å²) in [6.07, 6.45) is 15.8. The largest absolute Gasteiger partial charge is 0.459 e. The van der Waals surface area contributed by atoms with Gasteiger partial charge in [-0.25, -0.2) is 4.79 Å². The minimum absolute atomic E-state index is 0.00170. The Morgan fingerprint density at radius 3 is 2.38 bits per heavy atom. The molecule has 0 bridgehead atoms. The summed E-state index contributed by atoms with van der Waals surface area (Å²) < 4.78 is 5.75. The van der Waals surface area contributed by atoms with Crippen molar-refractivity contribution in [2.75, 3.05) is 6.61 Å². The second-order valence-corrected chi connectivity index (χ2v) is 13.8. The normalized spacial score (nSPS) is 42.4. The molecule has 0 radical (unpaired) electrons. The molecule has 4 fully saturated rings. The molecule has 0 aromatic carbocycles. The maximum Gasteiger partial charge on any atom is 0.336 e. The highest BCUT2D eigenvalue weighted by atomic mass is 16.5. The summed E-state index contributed by atoms with van der Waals surface area (Å²) in [5, 5.41) is 9.20. The quantitative estimate of drug-likeness (QED) is 0.293. The van der Waals surface area contributed by atoms with Crippen LogP contribution in [0.4, 0.5) is 0 Å². The van der Waals surface area contributed by atoms with Crippen LogP contribution in [0.1, 0.15) is 112 Å². The van der Waals surface area contributed by atoms with Crippen LogP contribution >= 0.6 is 0 Å². The summed E-state index contributed by atoms with van der Waals surface area (Å²) in [4.78, 5) is 12.2. The number of hydrogen-bond donors (Lipinski definition) is 1. The smallest absolute Gasteiger partial charge is 0.336 e. The fraction of sp³-hybridized carbons (Fsp3) is 0.903. The van der Waals surface area contributed by atoms with Crippen molar-refractivity contribution in [1.29, 1.82) is 0 Å². The molecule has 4 aliphatic carbocycles. The first kappa shape index (κ1) is 26.2. The second-order valence-electron chi connectivity index (χ2n) is 13.8. The van der Waals surface area contributed by atoms with Gasteiger partial charge in [0.15, 0.2) is 0 Å². The first-order chi connectivity index (χ1) is 16.1. The van der Waals surface area contributed by atoms with Gasteiger partial charge in [-0.1, -0.05) is 60.5 Å². The van der Waals surface area contributed by atoms with Crippen molar-refractivity contribution in [1.82, 2.24) is 0 Å². The number of carbonyl (C=O) groups excluding carboxylic acids is 1. The monoisotopic (exact) mass is 472 g/mol. The number of rotatable bonds is 8. The van der Waals surface area contributed by atoms with E-state index >= 15 is 0 Å². The van der Waals surface area contributed by atoms with E-state index in [1.54, 1.807) is 0 Å². The van der Waals surface area contributed by atoms with E-state index in [9.17, 15) is 9.90 Å². The van der Waals surface area contributed by atoms with E-state index in [1.165, 1.54) is 64.2 Å². The molecule has 0 unspecified atom stereocenters. The Balaban J connectivity index is 1.40. The van der Waals surface area contributed by atoms with Gasteiger partial charge in [0.25, 0.3) is 0 Å². The summed E-state index contributed by atoms with van der Waals surface area (Å²) in [5.41, 5.74) is 1.14. The van der Waals surface area contributed by atoms with Gasteiger partial charge in [0.1, 0.15) is 6.10 Å². The van der Waals surface area contributed by atoms with Crippen molar-refractivity contribution in [2.45, 2.75) is 118 Å². The molecule has 0 aromatic heterocycles. The average molecular weight is 473 g/mol. The van der Waals surface area contributed by atoms with E-state index in [1.807, 2.05) is 0 Å². The number of fused-ring (bicyclic) bond motifs is 5. The molecule has 4 rings (SSSR count). The van der Waals surface area contributed by atoms with E-state index < -0.39 is 5.97 Å². The second kappa shape index (κ2) is 10.3. The van der Waals surface area contributed by atoms with E-state index in [0.717, 1.165) is 48.3 Å². The number of carbonyl (C=O) groups is 1. The first-order valence-corrected chi connectivity index (χ1v) is 14.6. The van der Waals surface area contributed by atoms with Gasteiger partial charge in [0.2, 0.25) is 0 Å². The van der Waals surface area contributed by atoms with Gasteiger partial charge in [-0.3, -0.25) is 0 Å². The van der Waals surface area contributed by atoms with Crippen molar-refractivity contribution < 1.29 is 14.6 Å². The van der Waals surface area contributed by atoms with Crippen LogP contribution in [0.2, 0.25) is 0 Å². The van der Waals surface area contributed by atoms with Gasteiger partial charge in [-0.2, -0.15) is 0 Å². The van der Waals surface area contributed by atoms with Gasteiger partial charge in [0, 0.05) is 0 Å². The fourth-order valence-electron chi connectivity index (χ4n) is 9.65. The number of hydrogen-bond acceptors (Lipinski definition) is 3. The van der Waals surface area contributed by atoms with Gasteiger partial charge in [0.05, 0.1) is 12.2 Å². The Labute approximate surface area is 209 Å². The minimum Gasteiger partial charge on any atom is -0.459 e. The molecule has 0 aromatic rings. The lowest BCUT2D eigenvalue weighted by Crippen LogP contribution is -2.54. The average Bonchev–Trinajstić information content (AvgIpc) is 3.15. The van der Waals surface area contributed by atoms with Crippen molar-refractivity contribution >= 4 is 5.97 Å². The molecule has 4 saturated carbocycles. The molecule has 0 saturated heterocycles. The SMILES string of the molecule is C=C(CO)C(=O)O[C@H]1CC[C@@]2(C)[C@@H](CC[C@@H]3[C@@H]2CC[C@]2(C)[C@@H]([C@H](C)CCCC(C)C)CC[C@@H]32)C1. The Bertz CT molecular complexity index is 743. The highest BCUT2D eigenvalue weighted by molar-refractivity contribution is 5.88. The predicted octanol–water partition coefficient (Wildman–Crippen LogP) is 7.57. The summed E-state index contributed by atoms with van der Waals surface area (Å²) in [6.45, 7) is 15.9. The van der Waals surface area contributed by atoms with Crippen LogP contribution < -0.4 is 0 Å². The maximum atomic E-state index is 12.2. The van der Waals surface area contributed by atoms with Crippen molar-refractivity contribution in [3.63, 3.8) is 0 Å². The zero-order valence-corrected chi connectivity index (χ0v) is 22.8. The molecular formula is C31H52O3. The highest BCUT2D eigenvalue weighted by Crippen LogP contribution is 2.68. The van der Waals surface area contributed by atoms with E-state index in [2.05, 4.69) is 41.2 Å². The molecule has 3 heteroatoms. The van der Waals surface area contributed by atoms with Gasteiger partial charge < -0.3 is 9.84 Å². The molecule has 0 amide bonds. The van der Waals surface area contributed by atoms with E-state index in [4.69, 9.17) is 4.74 Å². The van der Waals surface area contributed by atoms with Crippen molar-refractivity contribution in [2.24, 2.45) is 52.3 Å². The highest BCUT2D eigenvalue weighted by Gasteiger charge is 2.60. The third-order valence-electron chi connectivity index (χ3n) is 11.6. The molecule has 0 heterocycles. The summed E-state index contributed by atoms with van der Waals surface area (Å²) in [7, 11) is 0. The number of aliphatic hydroxyl groups excluding tert-OH is 1. The summed E-state index contributed by atoms with van der Waals surface area (Å²) in [6, 6.07) is 0. The fourth-order valence-corrected chi connectivity index (χ4v) is 9.65. The molecule has 3 nitrogen and oxygen atoms in total. The third-order valence-corrected chi connectivity index (χ3v) is 11.6. The van der Waals surface area contributed by atoms with Crippen LogP contribution in [0.15, 0.2) is 12.2 Å². The lowest BCUT2D eigenvalue weighted by Gasteiger charge is -2.61. The Morgan fingerprint density at radius 1 is 0.971 bits per heavy atom. The van der Waals surface area contributed by atoms with Crippen LogP contribution in [0.5, 0.6) is 0 Å². The van der Waals surface area contributed by atoms with E-state index in [-0.39, 0.29) is 18.3 Å². The van der Waals surface area contributed by atoms with Crippen molar-refractivity contribution in [3.8, 4) is 0 Å². The van der Waals surface area contributed by atoms with Crippen LogP contribution in [-0.4, -0.2) is 23.8 Å². The minimum atomic E-state index is -0.405. The zero-order valence-electron chi connectivity index (χ0n) is 22.8. The molecule has 4 aliphatic rings. The van der Waals surface area contributed by atoms with E-state index in [0.29, 0.717) is 16.7 Å².